The monoisotopic (exact) mass is 786 g/mol. The number of imidazole rings is 1. The number of aromatic amines is 1. The quantitative estimate of drug-likeness (QED) is 0.0993. The zero-order chi connectivity index (χ0) is 39.4. The predicted molar refractivity (Wildman–Crippen MR) is 229 cm³/mol. The molecular formula is C40H64BN4O5PS2. The number of aromatic nitrogens is 2. The fraction of sp³-hybridized carbons (Fsp3) is 0.625. The van der Waals surface area contributed by atoms with Gasteiger partial charge in [-0.3, -0.25) is 0 Å². The number of hydrogen-bond acceptors (Lipinski definition) is 9. The van der Waals surface area contributed by atoms with Gasteiger partial charge in [0.05, 0.1) is 42.6 Å². The molecule has 13 heteroatoms. The Morgan fingerprint density at radius 2 is 1.58 bits per heavy atom. The minimum absolute atomic E-state index is 0.0894. The highest BCUT2D eigenvalue weighted by Gasteiger charge is 2.55. The van der Waals surface area contributed by atoms with Crippen molar-refractivity contribution >= 4 is 56.3 Å². The summed E-state index contributed by atoms with van der Waals surface area (Å²) in [7, 11) is 5.28. The molecule has 2 unspecified atom stereocenters. The molecule has 0 bridgehead atoms. The number of thiophene rings is 1. The summed E-state index contributed by atoms with van der Waals surface area (Å²) < 4.78 is 18.7. The molecule has 9 nitrogen and oxygen atoms in total. The minimum Gasteiger partial charge on any atom is -0.453 e. The standard InChI is InChI=1S/C26H31BN2O2S.C7H13NO3.C5H11N.C2H6.H3PS/c1-24(2)25(3,4)31-27(30-24)23-19-11-14-26(12-5-6-13-26)21(19)22(32-23)18-9-7-17(8-10-18)20-15-28-16-29-20;1-5(2)6(4-9)8-7(10)11-3;1-6-4-2-3-5-6;2*1-2/h7-10,15-16H,5-6,11-14H2,1-4H3,(H,28,29);4-6H,1-3H3,(H,8,10);2-5H2,1H3;1-2H3;2H,1H2. The van der Waals surface area contributed by atoms with Gasteiger partial charge in [-0.25, -0.2) is 9.78 Å². The number of methoxy groups -OCH3 is 1. The van der Waals surface area contributed by atoms with Crippen LogP contribution in [0.2, 0.25) is 0 Å². The molecule has 0 radical (unpaired) electrons. The summed E-state index contributed by atoms with van der Waals surface area (Å²) in [6.07, 6.45) is 14.3. The molecule has 1 aromatic carbocycles. The lowest BCUT2D eigenvalue weighted by Crippen LogP contribution is -2.41. The highest BCUT2D eigenvalue weighted by molar-refractivity contribution is 8.31. The number of aldehydes is 1. The van der Waals surface area contributed by atoms with Gasteiger partial charge >= 0.3 is 13.2 Å². The second-order valence-corrected chi connectivity index (χ2v) is 16.4. The molecule has 53 heavy (non-hydrogen) atoms. The topological polar surface area (TPSA) is 106 Å². The van der Waals surface area contributed by atoms with Gasteiger partial charge in [-0.2, -0.15) is 12.2 Å². The molecular weight excluding hydrogens is 722 g/mol. The van der Waals surface area contributed by atoms with E-state index in [1.807, 2.05) is 45.2 Å². The summed E-state index contributed by atoms with van der Waals surface area (Å²) in [5.41, 5.74) is 6.38. The number of nitrogens with one attached hydrogen (secondary N) is 2. The van der Waals surface area contributed by atoms with Crippen molar-refractivity contribution in [1.82, 2.24) is 20.2 Å². The number of alkyl carbamates (subject to hydrolysis) is 1. The molecule has 4 heterocycles. The first-order valence-electron chi connectivity index (χ1n) is 19.2. The number of fused-ring (bicyclic) bond motifs is 2. The summed E-state index contributed by atoms with van der Waals surface area (Å²) in [5, 5.41) is 2.39. The maximum absolute atomic E-state index is 10.6. The molecule has 2 N–H and O–H groups in total. The lowest BCUT2D eigenvalue weighted by molar-refractivity contribution is -0.110. The van der Waals surface area contributed by atoms with E-state index >= 15 is 0 Å². The molecule has 1 amide bonds. The molecule has 2 aromatic heterocycles. The van der Waals surface area contributed by atoms with Gasteiger partial charge in [0.25, 0.3) is 0 Å². The fourth-order valence-electron chi connectivity index (χ4n) is 7.32. The van der Waals surface area contributed by atoms with E-state index in [-0.39, 0.29) is 24.2 Å². The van der Waals surface area contributed by atoms with Crippen LogP contribution in [0, 0.1) is 5.92 Å². The predicted octanol–water partition coefficient (Wildman–Crippen LogP) is 8.87. The van der Waals surface area contributed by atoms with Crippen molar-refractivity contribution in [2.75, 3.05) is 27.2 Å². The molecule has 3 aromatic rings. The average Bonchev–Trinajstić information content (AvgIpc) is 4.01. The zero-order valence-electron chi connectivity index (χ0n) is 33.7. The first-order valence-corrected chi connectivity index (χ1v) is 22.0. The maximum Gasteiger partial charge on any atom is 0.505 e. The minimum atomic E-state index is -0.573. The zero-order valence-corrected chi connectivity index (χ0v) is 36.6. The van der Waals surface area contributed by atoms with Gasteiger partial charge in [-0.15, -0.1) is 11.3 Å². The molecule has 2 atom stereocenters. The number of rotatable bonds is 6. The summed E-state index contributed by atoms with van der Waals surface area (Å²) in [4.78, 5) is 32.1. The summed E-state index contributed by atoms with van der Waals surface area (Å²) in [6, 6.07) is 8.51. The van der Waals surface area contributed by atoms with Crippen molar-refractivity contribution in [3.05, 3.63) is 47.9 Å². The molecule has 2 aliphatic heterocycles. The first-order chi connectivity index (χ1) is 25.3. The normalized spacial score (nSPS) is 19.4. The Hall–Kier alpha value is -2.21. The lowest BCUT2D eigenvalue weighted by Gasteiger charge is -2.32. The molecule has 1 spiro atoms. The van der Waals surface area contributed by atoms with Crippen LogP contribution in [-0.2, 0) is 30.7 Å². The van der Waals surface area contributed by atoms with Crippen LogP contribution in [-0.4, -0.2) is 78.9 Å². The number of H-pyrrole nitrogens is 1. The highest BCUT2D eigenvalue weighted by atomic mass is 32.7. The third-order valence-electron chi connectivity index (χ3n) is 11.1. The van der Waals surface area contributed by atoms with E-state index in [0.717, 1.165) is 12.1 Å². The Morgan fingerprint density at radius 1 is 1.02 bits per heavy atom. The molecule has 1 saturated carbocycles. The summed E-state index contributed by atoms with van der Waals surface area (Å²) in [6.45, 7) is 18.9. The van der Waals surface area contributed by atoms with Crippen LogP contribution in [0.1, 0.15) is 111 Å². The van der Waals surface area contributed by atoms with Gasteiger partial charge in [-0.1, -0.05) is 73.2 Å². The van der Waals surface area contributed by atoms with E-state index in [2.05, 4.69) is 105 Å². The summed E-state index contributed by atoms with van der Waals surface area (Å²) in [5.74, 6) is 0.0894. The number of likely N-dealkylation sites (tertiary alicyclic amines) is 1. The number of hydrogen-bond donors (Lipinski definition) is 3. The average molecular weight is 787 g/mol. The summed E-state index contributed by atoms with van der Waals surface area (Å²) >= 11 is 5.35. The van der Waals surface area contributed by atoms with Crippen LogP contribution in [0.5, 0.6) is 0 Å². The number of carbonyl (C=O) groups excluding carboxylic acids is 2. The Morgan fingerprint density at radius 3 is 2.04 bits per heavy atom. The van der Waals surface area contributed by atoms with E-state index < -0.39 is 12.1 Å². The van der Waals surface area contributed by atoms with Crippen molar-refractivity contribution in [3.63, 3.8) is 0 Å². The molecule has 4 aliphatic rings. The van der Waals surface area contributed by atoms with Gasteiger partial charge in [-0.05, 0) is 120 Å². The van der Waals surface area contributed by atoms with E-state index in [1.54, 1.807) is 11.9 Å². The van der Waals surface area contributed by atoms with Crippen molar-refractivity contribution in [2.24, 2.45) is 5.92 Å². The van der Waals surface area contributed by atoms with E-state index in [9.17, 15) is 9.59 Å². The van der Waals surface area contributed by atoms with Crippen molar-refractivity contribution < 1.29 is 23.6 Å². The second-order valence-electron chi connectivity index (χ2n) is 15.3. The van der Waals surface area contributed by atoms with Crippen LogP contribution in [0.25, 0.3) is 21.7 Å². The van der Waals surface area contributed by atoms with Crippen molar-refractivity contribution in [2.45, 2.75) is 129 Å². The Kier molecular flexibility index (Phi) is 17.6. The number of amides is 1. The Bertz CT molecular complexity index is 1540. The Labute approximate surface area is 331 Å². The molecule has 294 valence electrons. The van der Waals surface area contributed by atoms with Gasteiger partial charge in [0, 0.05) is 9.65 Å². The van der Waals surface area contributed by atoms with Gasteiger partial charge < -0.3 is 34.0 Å². The number of benzene rings is 1. The van der Waals surface area contributed by atoms with Crippen LogP contribution in [0.15, 0.2) is 36.8 Å². The van der Waals surface area contributed by atoms with Crippen LogP contribution < -0.4 is 10.1 Å². The van der Waals surface area contributed by atoms with E-state index in [4.69, 9.17) is 9.31 Å². The van der Waals surface area contributed by atoms with E-state index in [0.29, 0.717) is 11.7 Å². The SMILES string of the molecule is CC.CC1(C)OB(c2sc(-c3ccc(-c4cnc[nH]4)cc3)c3c2CCC32CCCC2)OC1(C)C.CN1CCCC1.COC(=O)NC(C=O)C(C)C.PS. The largest absolute Gasteiger partial charge is 0.505 e. The van der Waals surface area contributed by atoms with Crippen molar-refractivity contribution in [3.8, 4) is 21.7 Å². The smallest absolute Gasteiger partial charge is 0.453 e. The number of thiol groups is 1. The third-order valence-corrected chi connectivity index (χ3v) is 12.4. The van der Waals surface area contributed by atoms with Gasteiger partial charge in [0.15, 0.2) is 0 Å². The second kappa shape index (κ2) is 20.6. The van der Waals surface area contributed by atoms with Crippen LogP contribution >= 0.6 is 32.0 Å². The van der Waals surface area contributed by atoms with Crippen LogP contribution in [0.3, 0.4) is 0 Å². The number of ether oxygens (including phenoxy) is 1. The maximum atomic E-state index is 10.6. The highest BCUT2D eigenvalue weighted by Crippen LogP contribution is 2.55. The van der Waals surface area contributed by atoms with Gasteiger partial charge in [0.2, 0.25) is 0 Å². The number of carbonyl (C=O) groups is 2. The molecule has 2 saturated heterocycles. The Balaban J connectivity index is 0.000000298. The third kappa shape index (κ3) is 11.0. The molecule has 3 fully saturated rings. The first kappa shape index (κ1) is 45.2. The van der Waals surface area contributed by atoms with Crippen LogP contribution in [0.4, 0.5) is 4.79 Å². The number of nitrogens with zero attached hydrogens (tertiary/aromatic N) is 2. The van der Waals surface area contributed by atoms with Crippen molar-refractivity contribution in [1.29, 1.82) is 0 Å². The molecule has 7 rings (SSSR count). The lowest BCUT2D eigenvalue weighted by atomic mass is 9.78. The fourth-order valence-corrected chi connectivity index (χ4v) is 8.76. The van der Waals surface area contributed by atoms with E-state index in [1.165, 1.54) is 91.5 Å². The van der Waals surface area contributed by atoms with Gasteiger partial charge in [0.1, 0.15) is 6.29 Å². The molecule has 2 aliphatic carbocycles.